The predicted molar refractivity (Wildman–Crippen MR) is 81.0 cm³/mol. The lowest BCUT2D eigenvalue weighted by Crippen LogP contribution is -2.35. The summed E-state index contributed by atoms with van der Waals surface area (Å²) in [6, 6.07) is 8.54. The molecule has 0 spiro atoms. The summed E-state index contributed by atoms with van der Waals surface area (Å²) in [5.74, 6) is -1.58. The molecule has 2 N–H and O–H groups in total. The molecule has 3 rings (SSSR count). The molecule has 0 amide bonds. The number of thiophene rings is 1. The van der Waals surface area contributed by atoms with Crippen LogP contribution in [0.15, 0.2) is 35.7 Å². The van der Waals surface area contributed by atoms with Crippen LogP contribution in [0.4, 0.5) is 8.78 Å². The Hall–Kier alpha value is -1.30. The van der Waals surface area contributed by atoms with Crippen molar-refractivity contribution in [3.8, 4) is 0 Å². The topological polar surface area (TPSA) is 29.3 Å². The summed E-state index contributed by atoms with van der Waals surface area (Å²) in [5, 5.41) is 2.03. The molecular weight excluding hydrogens is 290 g/mol. The molecule has 1 aromatic heterocycles. The maximum atomic E-state index is 14.1. The molecule has 1 aliphatic rings. The summed E-state index contributed by atoms with van der Waals surface area (Å²) >= 11 is 1.68. The summed E-state index contributed by atoms with van der Waals surface area (Å²) in [4.78, 5) is 3.43. The molecule has 0 saturated heterocycles. The average molecular weight is 308 g/mol. The fraction of sp³-hybridized carbons (Fsp3) is 0.375. The van der Waals surface area contributed by atoms with Gasteiger partial charge in [-0.15, -0.1) is 11.3 Å². The van der Waals surface area contributed by atoms with Crippen molar-refractivity contribution in [2.45, 2.75) is 31.5 Å². The predicted octanol–water partition coefficient (Wildman–Crippen LogP) is 3.69. The van der Waals surface area contributed by atoms with Gasteiger partial charge in [0, 0.05) is 29.6 Å². The minimum atomic E-state index is -0.808. The number of benzene rings is 1. The fourth-order valence-electron chi connectivity index (χ4n) is 2.70. The number of nitrogens with zero attached hydrogens (tertiary/aromatic N) is 1. The maximum Gasteiger partial charge on any atom is 0.163 e. The van der Waals surface area contributed by atoms with E-state index in [4.69, 9.17) is 5.73 Å². The number of hydrogen-bond donors (Lipinski definition) is 1. The lowest BCUT2D eigenvalue weighted by atomic mass is 10.0. The molecule has 1 aliphatic carbocycles. The number of halogens is 2. The Bertz CT molecular complexity index is 596. The van der Waals surface area contributed by atoms with Crippen LogP contribution in [0.1, 0.15) is 29.3 Å². The van der Waals surface area contributed by atoms with Gasteiger partial charge < -0.3 is 5.73 Å². The molecule has 1 aromatic carbocycles. The molecule has 1 saturated carbocycles. The summed E-state index contributed by atoms with van der Waals surface area (Å²) < 4.78 is 27.6. The lowest BCUT2D eigenvalue weighted by molar-refractivity contribution is 0.179. The summed E-state index contributed by atoms with van der Waals surface area (Å²) in [6.07, 6.45) is 2.19. The highest BCUT2D eigenvalue weighted by atomic mass is 32.1. The second-order valence-electron chi connectivity index (χ2n) is 5.38. The zero-order chi connectivity index (χ0) is 14.8. The van der Waals surface area contributed by atoms with Crippen LogP contribution in [0.3, 0.4) is 0 Å². The minimum Gasteiger partial charge on any atom is -0.329 e. The highest BCUT2D eigenvalue weighted by molar-refractivity contribution is 7.09. The molecule has 1 heterocycles. The Kier molecular flexibility index (Phi) is 4.33. The molecule has 21 heavy (non-hydrogen) atoms. The van der Waals surface area contributed by atoms with E-state index in [2.05, 4.69) is 11.0 Å². The quantitative estimate of drug-likeness (QED) is 0.882. The van der Waals surface area contributed by atoms with Crippen molar-refractivity contribution in [2.24, 2.45) is 5.73 Å². The number of rotatable bonds is 6. The second-order valence-corrected chi connectivity index (χ2v) is 6.41. The molecule has 112 valence electrons. The molecule has 2 aromatic rings. The third-order valence-electron chi connectivity index (χ3n) is 3.90. The molecule has 1 unspecified atom stereocenters. The van der Waals surface area contributed by atoms with E-state index in [0.29, 0.717) is 11.6 Å². The van der Waals surface area contributed by atoms with Crippen molar-refractivity contribution in [1.29, 1.82) is 0 Å². The SMILES string of the molecule is NCC(c1cccc(F)c1F)N(Cc1cccs1)C1CC1. The van der Waals surface area contributed by atoms with E-state index in [-0.39, 0.29) is 12.6 Å². The van der Waals surface area contributed by atoms with Gasteiger partial charge in [-0.05, 0) is 30.4 Å². The van der Waals surface area contributed by atoms with Crippen molar-refractivity contribution < 1.29 is 8.78 Å². The van der Waals surface area contributed by atoms with E-state index >= 15 is 0 Å². The van der Waals surface area contributed by atoms with E-state index in [1.54, 1.807) is 23.5 Å². The van der Waals surface area contributed by atoms with Crippen molar-refractivity contribution in [3.05, 3.63) is 57.8 Å². The molecule has 0 aliphatic heterocycles. The van der Waals surface area contributed by atoms with Gasteiger partial charge in [-0.2, -0.15) is 0 Å². The van der Waals surface area contributed by atoms with Crippen LogP contribution < -0.4 is 5.73 Å². The second kappa shape index (κ2) is 6.22. The summed E-state index contributed by atoms with van der Waals surface area (Å²) in [6.45, 7) is 1.02. The Morgan fingerprint density at radius 2 is 2.05 bits per heavy atom. The van der Waals surface area contributed by atoms with E-state index < -0.39 is 11.6 Å². The largest absolute Gasteiger partial charge is 0.329 e. The maximum absolute atomic E-state index is 14.1. The third-order valence-corrected chi connectivity index (χ3v) is 4.76. The van der Waals surface area contributed by atoms with E-state index in [0.717, 1.165) is 25.5 Å². The van der Waals surface area contributed by atoms with Crippen LogP contribution in [0.5, 0.6) is 0 Å². The van der Waals surface area contributed by atoms with Crippen LogP contribution in [0.25, 0.3) is 0 Å². The Morgan fingerprint density at radius 1 is 1.24 bits per heavy atom. The van der Waals surface area contributed by atoms with Gasteiger partial charge in [-0.25, -0.2) is 8.78 Å². The van der Waals surface area contributed by atoms with Crippen LogP contribution in [-0.2, 0) is 6.54 Å². The Balaban J connectivity index is 1.90. The normalized spacial score (nSPS) is 16.4. The van der Waals surface area contributed by atoms with Crippen LogP contribution in [0, 0.1) is 11.6 Å². The average Bonchev–Trinajstić information content (AvgIpc) is 3.20. The molecule has 0 radical (unpaired) electrons. The number of nitrogens with two attached hydrogens (primary N) is 1. The monoisotopic (exact) mass is 308 g/mol. The first-order valence-corrected chi connectivity index (χ1v) is 8.00. The van der Waals surface area contributed by atoms with Gasteiger partial charge in [0.2, 0.25) is 0 Å². The summed E-state index contributed by atoms with van der Waals surface area (Å²) in [7, 11) is 0. The molecule has 5 heteroatoms. The zero-order valence-electron chi connectivity index (χ0n) is 11.6. The fourth-order valence-corrected chi connectivity index (χ4v) is 3.41. The van der Waals surface area contributed by atoms with Gasteiger partial charge in [-0.1, -0.05) is 18.2 Å². The molecule has 1 atom stereocenters. The molecule has 2 nitrogen and oxygen atoms in total. The van der Waals surface area contributed by atoms with Crippen molar-refractivity contribution in [3.63, 3.8) is 0 Å². The van der Waals surface area contributed by atoms with E-state index in [9.17, 15) is 8.78 Å². The van der Waals surface area contributed by atoms with Crippen LogP contribution >= 0.6 is 11.3 Å². The van der Waals surface area contributed by atoms with Crippen LogP contribution in [0.2, 0.25) is 0 Å². The van der Waals surface area contributed by atoms with Gasteiger partial charge in [0.15, 0.2) is 11.6 Å². The zero-order valence-corrected chi connectivity index (χ0v) is 12.5. The first-order chi connectivity index (χ1) is 10.2. The van der Waals surface area contributed by atoms with Crippen molar-refractivity contribution in [2.75, 3.05) is 6.54 Å². The van der Waals surface area contributed by atoms with Gasteiger partial charge >= 0.3 is 0 Å². The first-order valence-electron chi connectivity index (χ1n) is 7.12. The van der Waals surface area contributed by atoms with Crippen LogP contribution in [-0.4, -0.2) is 17.5 Å². The van der Waals surface area contributed by atoms with Gasteiger partial charge in [0.25, 0.3) is 0 Å². The first kappa shape index (κ1) is 14.6. The smallest absolute Gasteiger partial charge is 0.163 e. The van der Waals surface area contributed by atoms with Crippen molar-refractivity contribution >= 4 is 11.3 Å². The number of hydrogen-bond acceptors (Lipinski definition) is 3. The lowest BCUT2D eigenvalue weighted by Gasteiger charge is -2.31. The van der Waals surface area contributed by atoms with Gasteiger partial charge in [0.05, 0.1) is 6.04 Å². The van der Waals surface area contributed by atoms with Gasteiger partial charge in [0.1, 0.15) is 0 Å². The molecule has 1 fully saturated rings. The van der Waals surface area contributed by atoms with E-state index in [1.165, 1.54) is 4.88 Å². The minimum absolute atomic E-state index is 0.280. The summed E-state index contributed by atoms with van der Waals surface area (Å²) in [5.41, 5.74) is 6.25. The molecule has 0 bridgehead atoms. The van der Waals surface area contributed by atoms with E-state index in [1.807, 2.05) is 11.4 Å². The standard InChI is InChI=1S/C16H18F2N2S/c17-14-5-1-4-13(16(14)18)15(9-19)20(11-6-7-11)10-12-3-2-8-21-12/h1-5,8,11,15H,6-7,9-10,19H2. The molecular formula is C16H18F2N2S. The van der Waals surface area contributed by atoms with Gasteiger partial charge in [-0.3, -0.25) is 4.90 Å². The highest BCUT2D eigenvalue weighted by Crippen LogP contribution is 2.37. The third kappa shape index (κ3) is 3.15. The Labute approximate surface area is 127 Å². The highest BCUT2D eigenvalue weighted by Gasteiger charge is 2.35. The van der Waals surface area contributed by atoms with Crippen molar-refractivity contribution in [1.82, 2.24) is 4.90 Å². The Morgan fingerprint density at radius 3 is 2.67 bits per heavy atom.